The molecule has 1 aromatic rings. The van der Waals surface area contributed by atoms with E-state index in [0.29, 0.717) is 18.8 Å². The molecule has 1 aliphatic carbocycles. The third kappa shape index (κ3) is 3.51. The van der Waals surface area contributed by atoms with Crippen molar-refractivity contribution in [1.29, 1.82) is 0 Å². The van der Waals surface area contributed by atoms with Crippen LogP contribution in [0.1, 0.15) is 41.2 Å². The van der Waals surface area contributed by atoms with Crippen LogP contribution >= 0.6 is 11.3 Å². The molecule has 5 heteroatoms. The third-order valence-corrected chi connectivity index (χ3v) is 4.01. The van der Waals surface area contributed by atoms with Crippen LogP contribution in [0.5, 0.6) is 0 Å². The van der Waals surface area contributed by atoms with Crippen LogP contribution < -0.4 is 5.73 Å². The predicted molar refractivity (Wildman–Crippen MR) is 67.1 cm³/mol. The van der Waals surface area contributed by atoms with E-state index < -0.39 is 0 Å². The first kappa shape index (κ1) is 12.5. The summed E-state index contributed by atoms with van der Waals surface area (Å²) in [6.45, 7) is 1.08. The Hall–Kier alpha value is -0.940. The number of nitrogens with two attached hydrogens (primary N) is 1. The number of nitrogens with zero attached hydrogens (tertiary/aromatic N) is 1. The van der Waals surface area contributed by atoms with Crippen LogP contribution in [0.25, 0.3) is 0 Å². The van der Waals surface area contributed by atoms with Crippen molar-refractivity contribution < 1.29 is 9.53 Å². The fraction of sp³-hybridized carbons (Fsp3) is 0.667. The summed E-state index contributed by atoms with van der Waals surface area (Å²) in [4.78, 5) is 15.8. The second-order valence-electron chi connectivity index (χ2n) is 4.39. The lowest BCUT2D eigenvalue weighted by Gasteiger charge is -2.24. The fourth-order valence-corrected chi connectivity index (χ4v) is 2.60. The zero-order valence-electron chi connectivity index (χ0n) is 9.85. The third-order valence-electron chi connectivity index (χ3n) is 3.10. The van der Waals surface area contributed by atoms with Crippen molar-refractivity contribution in [3.8, 4) is 0 Å². The van der Waals surface area contributed by atoms with Crippen molar-refractivity contribution in [2.24, 2.45) is 11.7 Å². The lowest BCUT2D eigenvalue weighted by atomic mass is 9.83. The molecule has 1 aliphatic rings. The average molecular weight is 254 g/mol. The maximum absolute atomic E-state index is 11.6. The van der Waals surface area contributed by atoms with Crippen LogP contribution in [0.2, 0.25) is 0 Å². The van der Waals surface area contributed by atoms with Crippen molar-refractivity contribution in [2.75, 3.05) is 13.2 Å². The molecule has 1 aromatic heterocycles. The Kier molecular flexibility index (Phi) is 4.50. The lowest BCUT2D eigenvalue weighted by molar-refractivity contribution is 0.0458. The van der Waals surface area contributed by atoms with Gasteiger partial charge in [0.05, 0.1) is 11.6 Å². The van der Waals surface area contributed by atoms with Crippen LogP contribution in [0.3, 0.4) is 0 Å². The van der Waals surface area contributed by atoms with E-state index in [0.717, 1.165) is 23.8 Å². The van der Waals surface area contributed by atoms with Gasteiger partial charge in [0.15, 0.2) is 5.69 Å². The lowest BCUT2D eigenvalue weighted by Crippen LogP contribution is -2.15. The minimum absolute atomic E-state index is 0.302. The second kappa shape index (κ2) is 6.12. The Labute approximate surface area is 105 Å². The van der Waals surface area contributed by atoms with Gasteiger partial charge in [-0.05, 0) is 18.9 Å². The molecule has 0 unspecified atom stereocenters. The molecule has 17 heavy (non-hydrogen) atoms. The molecule has 0 bridgehead atoms. The Bertz CT molecular complexity index is 374. The van der Waals surface area contributed by atoms with Crippen LogP contribution in [0.4, 0.5) is 0 Å². The van der Waals surface area contributed by atoms with Crippen LogP contribution in [-0.4, -0.2) is 24.1 Å². The molecular formula is C12H18N2O2S. The summed E-state index contributed by atoms with van der Waals surface area (Å²) in [6.07, 6.45) is 5.61. The molecule has 0 aromatic carbocycles. The first-order valence-electron chi connectivity index (χ1n) is 6.11. The molecule has 0 atom stereocenters. The van der Waals surface area contributed by atoms with Gasteiger partial charge in [-0.2, -0.15) is 0 Å². The number of carbonyl (C=O) groups is 1. The van der Waals surface area contributed by atoms with Crippen molar-refractivity contribution in [1.82, 2.24) is 4.98 Å². The number of hydrogen-bond donors (Lipinski definition) is 1. The Morgan fingerprint density at radius 2 is 2.41 bits per heavy atom. The van der Waals surface area contributed by atoms with E-state index in [2.05, 4.69) is 4.98 Å². The van der Waals surface area contributed by atoms with Gasteiger partial charge in [-0.3, -0.25) is 0 Å². The van der Waals surface area contributed by atoms with Crippen molar-refractivity contribution >= 4 is 17.3 Å². The van der Waals surface area contributed by atoms with Gasteiger partial charge in [0.1, 0.15) is 0 Å². The van der Waals surface area contributed by atoms with E-state index in [4.69, 9.17) is 10.5 Å². The average Bonchev–Trinajstić information content (AvgIpc) is 2.70. The summed E-state index contributed by atoms with van der Waals surface area (Å²) in [7, 11) is 0. The number of aromatic nitrogens is 1. The molecule has 1 fully saturated rings. The molecule has 0 amide bonds. The summed E-state index contributed by atoms with van der Waals surface area (Å²) < 4.78 is 5.20. The molecule has 0 spiro atoms. The molecule has 1 saturated carbocycles. The smallest absolute Gasteiger partial charge is 0.357 e. The summed E-state index contributed by atoms with van der Waals surface area (Å²) in [5.41, 5.74) is 5.85. The van der Waals surface area contributed by atoms with Gasteiger partial charge in [-0.1, -0.05) is 19.3 Å². The Balaban J connectivity index is 1.73. The number of ether oxygens (including phenoxy) is 1. The van der Waals surface area contributed by atoms with Gasteiger partial charge in [0.25, 0.3) is 0 Å². The van der Waals surface area contributed by atoms with Gasteiger partial charge < -0.3 is 10.5 Å². The minimum atomic E-state index is -0.302. The fourth-order valence-electron chi connectivity index (χ4n) is 1.82. The number of esters is 1. The summed E-state index contributed by atoms with van der Waals surface area (Å²) in [5, 5.41) is 2.65. The standard InChI is InChI=1S/C12H18N2O2S/c13-6-4-11-14-10(8-17-11)12(15)16-7-5-9-2-1-3-9/h8-9H,1-7,13H2. The number of carbonyl (C=O) groups excluding carboxylic acids is 1. The molecule has 0 radical (unpaired) electrons. The van der Waals surface area contributed by atoms with Crippen LogP contribution in [0, 0.1) is 5.92 Å². The van der Waals surface area contributed by atoms with Gasteiger partial charge in [0.2, 0.25) is 0 Å². The van der Waals surface area contributed by atoms with Gasteiger partial charge in [-0.25, -0.2) is 9.78 Å². The van der Waals surface area contributed by atoms with Gasteiger partial charge in [0, 0.05) is 11.8 Å². The second-order valence-corrected chi connectivity index (χ2v) is 5.33. The molecule has 1 heterocycles. The van der Waals surface area contributed by atoms with Crippen LogP contribution in [-0.2, 0) is 11.2 Å². The van der Waals surface area contributed by atoms with E-state index >= 15 is 0 Å². The minimum Gasteiger partial charge on any atom is -0.461 e. The SMILES string of the molecule is NCCc1nc(C(=O)OCCC2CCC2)cs1. The molecule has 0 aliphatic heterocycles. The predicted octanol–water partition coefficient (Wildman–Crippen LogP) is 1.99. The highest BCUT2D eigenvalue weighted by Gasteiger charge is 2.18. The maximum atomic E-state index is 11.6. The number of thiazole rings is 1. The van der Waals surface area contributed by atoms with E-state index in [-0.39, 0.29) is 5.97 Å². The highest BCUT2D eigenvalue weighted by atomic mass is 32.1. The summed E-state index contributed by atoms with van der Waals surface area (Å²) in [6, 6.07) is 0. The number of rotatable bonds is 6. The normalized spacial score (nSPS) is 15.6. The highest BCUT2D eigenvalue weighted by molar-refractivity contribution is 7.09. The molecule has 4 nitrogen and oxygen atoms in total. The van der Waals surface area contributed by atoms with Crippen molar-refractivity contribution in [3.63, 3.8) is 0 Å². The van der Waals surface area contributed by atoms with E-state index in [1.807, 2.05) is 0 Å². The van der Waals surface area contributed by atoms with Crippen molar-refractivity contribution in [3.05, 3.63) is 16.1 Å². The van der Waals surface area contributed by atoms with E-state index in [1.54, 1.807) is 5.38 Å². The first-order valence-corrected chi connectivity index (χ1v) is 6.99. The number of hydrogen-bond acceptors (Lipinski definition) is 5. The summed E-state index contributed by atoms with van der Waals surface area (Å²) in [5.74, 6) is 0.467. The van der Waals surface area contributed by atoms with Gasteiger partial charge in [-0.15, -0.1) is 11.3 Å². The topological polar surface area (TPSA) is 65.2 Å². The Morgan fingerprint density at radius 1 is 1.59 bits per heavy atom. The van der Waals surface area contributed by atoms with E-state index in [1.165, 1.54) is 30.6 Å². The molecule has 2 N–H and O–H groups in total. The molecule has 94 valence electrons. The van der Waals surface area contributed by atoms with E-state index in [9.17, 15) is 4.79 Å². The van der Waals surface area contributed by atoms with Crippen LogP contribution in [0.15, 0.2) is 5.38 Å². The van der Waals surface area contributed by atoms with Gasteiger partial charge >= 0.3 is 5.97 Å². The Morgan fingerprint density at radius 3 is 3.06 bits per heavy atom. The summed E-state index contributed by atoms with van der Waals surface area (Å²) >= 11 is 1.47. The quantitative estimate of drug-likeness (QED) is 0.788. The first-order chi connectivity index (χ1) is 8.29. The molecular weight excluding hydrogens is 236 g/mol. The maximum Gasteiger partial charge on any atom is 0.357 e. The molecule has 0 saturated heterocycles. The monoisotopic (exact) mass is 254 g/mol. The highest BCUT2D eigenvalue weighted by Crippen LogP contribution is 2.29. The largest absolute Gasteiger partial charge is 0.461 e. The zero-order valence-corrected chi connectivity index (χ0v) is 10.7. The molecule has 2 rings (SSSR count). The zero-order chi connectivity index (χ0) is 12.1. The van der Waals surface area contributed by atoms with Crippen molar-refractivity contribution in [2.45, 2.75) is 32.1 Å².